The van der Waals surface area contributed by atoms with E-state index < -0.39 is 18.1 Å². The summed E-state index contributed by atoms with van der Waals surface area (Å²) in [6.07, 6.45) is 1.17. The van der Waals surface area contributed by atoms with Crippen LogP contribution in [0.2, 0.25) is 0 Å². The number of nitrogens with two attached hydrogens (primary N) is 1. The minimum atomic E-state index is -0.814. The smallest absolute Gasteiger partial charge is 0.249 e. The number of nitriles is 1. The number of hydrogen-bond acceptors (Lipinski definition) is 4. The Hall–Kier alpha value is -1.61. The highest BCUT2D eigenvalue weighted by Gasteiger charge is 2.30. The molecule has 1 saturated heterocycles. The molecule has 0 saturated carbocycles. The van der Waals surface area contributed by atoms with Crippen molar-refractivity contribution >= 4 is 11.8 Å². The van der Waals surface area contributed by atoms with Crippen molar-refractivity contribution in [1.29, 1.82) is 5.26 Å². The number of carbonyl (C=O) groups excluding carboxylic acids is 2. The number of rotatable bonds is 5. The number of nitrogens with one attached hydrogen (secondary N) is 1. The molecule has 1 aliphatic heterocycles. The molecule has 3 atom stereocenters. The third kappa shape index (κ3) is 3.71. The van der Waals surface area contributed by atoms with E-state index >= 15 is 0 Å². The van der Waals surface area contributed by atoms with E-state index in [1.807, 2.05) is 6.07 Å². The fourth-order valence-corrected chi connectivity index (χ4v) is 1.79. The van der Waals surface area contributed by atoms with E-state index in [0.717, 1.165) is 6.42 Å². The van der Waals surface area contributed by atoms with Gasteiger partial charge in [0.1, 0.15) is 12.1 Å². The molecule has 94 valence electrons. The second-order valence-corrected chi connectivity index (χ2v) is 4.23. The lowest BCUT2D eigenvalue weighted by Crippen LogP contribution is -2.51. The van der Waals surface area contributed by atoms with Crippen molar-refractivity contribution in [2.75, 3.05) is 6.61 Å². The van der Waals surface area contributed by atoms with Crippen LogP contribution < -0.4 is 11.1 Å². The van der Waals surface area contributed by atoms with Gasteiger partial charge in [0.2, 0.25) is 11.8 Å². The van der Waals surface area contributed by atoms with Crippen LogP contribution in [0.15, 0.2) is 0 Å². The number of primary amides is 1. The molecular formula is C11H17N3O3. The van der Waals surface area contributed by atoms with Gasteiger partial charge in [-0.05, 0) is 18.8 Å². The molecule has 2 amide bonds. The zero-order valence-electron chi connectivity index (χ0n) is 9.81. The van der Waals surface area contributed by atoms with Gasteiger partial charge in [-0.15, -0.1) is 0 Å². The number of amides is 2. The zero-order valence-corrected chi connectivity index (χ0v) is 9.81. The molecule has 1 rings (SSSR count). The molecule has 0 bridgehead atoms. The van der Waals surface area contributed by atoms with Crippen LogP contribution in [0.25, 0.3) is 0 Å². The first-order valence-corrected chi connectivity index (χ1v) is 5.64. The van der Waals surface area contributed by atoms with Gasteiger partial charge in [-0.3, -0.25) is 9.59 Å². The SMILES string of the molecule is C[C@@H](CC#N)[C@@H](NC(=O)[C@@H]1CCCO1)C(N)=O. The molecule has 0 unspecified atom stereocenters. The fraction of sp³-hybridized carbons (Fsp3) is 0.727. The van der Waals surface area contributed by atoms with E-state index in [2.05, 4.69) is 5.32 Å². The molecule has 0 aromatic carbocycles. The molecule has 6 nitrogen and oxygen atoms in total. The van der Waals surface area contributed by atoms with Crippen LogP contribution in [-0.2, 0) is 14.3 Å². The van der Waals surface area contributed by atoms with Crippen LogP contribution in [0.5, 0.6) is 0 Å². The molecular weight excluding hydrogens is 222 g/mol. The Bertz CT molecular complexity index is 331. The Labute approximate surface area is 100 Å². The molecule has 6 heteroatoms. The highest BCUT2D eigenvalue weighted by Crippen LogP contribution is 2.13. The maximum Gasteiger partial charge on any atom is 0.249 e. The quantitative estimate of drug-likeness (QED) is 0.686. The van der Waals surface area contributed by atoms with E-state index in [0.29, 0.717) is 13.0 Å². The zero-order chi connectivity index (χ0) is 12.8. The maximum atomic E-state index is 11.7. The second kappa shape index (κ2) is 6.21. The van der Waals surface area contributed by atoms with E-state index in [4.69, 9.17) is 15.7 Å². The van der Waals surface area contributed by atoms with Crippen molar-refractivity contribution in [3.63, 3.8) is 0 Å². The third-order valence-electron chi connectivity index (χ3n) is 2.81. The molecule has 3 N–H and O–H groups in total. The Morgan fingerprint density at radius 3 is 2.82 bits per heavy atom. The largest absolute Gasteiger partial charge is 0.368 e. The normalized spacial score (nSPS) is 22.5. The van der Waals surface area contributed by atoms with Crippen LogP contribution in [0, 0.1) is 17.2 Å². The summed E-state index contributed by atoms with van der Waals surface area (Å²) in [6, 6.07) is 1.14. The Morgan fingerprint density at radius 2 is 2.35 bits per heavy atom. The Morgan fingerprint density at radius 1 is 1.65 bits per heavy atom. The predicted octanol–water partition coefficient (Wildman–Crippen LogP) is -0.315. The van der Waals surface area contributed by atoms with Gasteiger partial charge in [0.15, 0.2) is 0 Å². The minimum absolute atomic E-state index is 0.166. The monoisotopic (exact) mass is 239 g/mol. The van der Waals surface area contributed by atoms with Crippen LogP contribution in [0.3, 0.4) is 0 Å². The Balaban J connectivity index is 2.57. The van der Waals surface area contributed by atoms with Gasteiger partial charge in [0, 0.05) is 13.0 Å². The minimum Gasteiger partial charge on any atom is -0.368 e. The van der Waals surface area contributed by atoms with Gasteiger partial charge in [-0.2, -0.15) is 5.26 Å². The summed E-state index contributed by atoms with van der Waals surface area (Å²) in [5.41, 5.74) is 5.21. The summed E-state index contributed by atoms with van der Waals surface area (Å²) in [4.78, 5) is 23.0. The van der Waals surface area contributed by atoms with Crippen LogP contribution in [-0.4, -0.2) is 30.6 Å². The number of ether oxygens (including phenoxy) is 1. The summed E-state index contributed by atoms with van der Waals surface area (Å²) in [5.74, 6) is -1.25. The summed E-state index contributed by atoms with van der Waals surface area (Å²) in [7, 11) is 0. The summed E-state index contributed by atoms with van der Waals surface area (Å²) < 4.78 is 5.21. The van der Waals surface area contributed by atoms with E-state index in [1.54, 1.807) is 6.92 Å². The van der Waals surface area contributed by atoms with Gasteiger partial charge in [-0.25, -0.2) is 0 Å². The average molecular weight is 239 g/mol. The number of carbonyl (C=O) groups is 2. The van der Waals surface area contributed by atoms with Crippen molar-refractivity contribution in [3.8, 4) is 6.07 Å². The first-order valence-electron chi connectivity index (χ1n) is 5.64. The van der Waals surface area contributed by atoms with Gasteiger partial charge in [0.05, 0.1) is 6.07 Å². The standard InChI is InChI=1S/C11H17N3O3/c1-7(4-5-12)9(10(13)15)14-11(16)8-3-2-6-17-8/h7-9H,2-4,6H2,1H3,(H2,13,15)(H,14,16)/t7-,8-,9+/m0/s1. The highest BCUT2D eigenvalue weighted by atomic mass is 16.5. The molecule has 0 radical (unpaired) electrons. The van der Waals surface area contributed by atoms with E-state index in [9.17, 15) is 9.59 Å². The lowest BCUT2D eigenvalue weighted by atomic mass is 9.98. The fourth-order valence-electron chi connectivity index (χ4n) is 1.79. The summed E-state index contributed by atoms with van der Waals surface area (Å²) in [6.45, 7) is 2.27. The van der Waals surface area contributed by atoms with Crippen molar-refractivity contribution < 1.29 is 14.3 Å². The highest BCUT2D eigenvalue weighted by molar-refractivity contribution is 5.88. The molecule has 0 aromatic heterocycles. The number of nitrogens with zero attached hydrogens (tertiary/aromatic N) is 1. The van der Waals surface area contributed by atoms with Crippen LogP contribution in [0.4, 0.5) is 0 Å². The molecule has 0 aliphatic carbocycles. The molecule has 0 aromatic rings. The summed E-state index contributed by atoms with van der Waals surface area (Å²) >= 11 is 0. The predicted molar refractivity (Wildman–Crippen MR) is 59.5 cm³/mol. The van der Waals surface area contributed by atoms with Crippen molar-refractivity contribution in [2.24, 2.45) is 11.7 Å². The van der Waals surface area contributed by atoms with Gasteiger partial charge < -0.3 is 15.8 Å². The lowest BCUT2D eigenvalue weighted by molar-refractivity contribution is -0.134. The first kappa shape index (κ1) is 13.5. The second-order valence-electron chi connectivity index (χ2n) is 4.23. The average Bonchev–Trinajstić information content (AvgIpc) is 2.78. The molecule has 0 spiro atoms. The van der Waals surface area contributed by atoms with Crippen molar-refractivity contribution in [2.45, 2.75) is 38.3 Å². The van der Waals surface area contributed by atoms with Crippen LogP contribution >= 0.6 is 0 Å². The number of hydrogen-bond donors (Lipinski definition) is 2. The van der Waals surface area contributed by atoms with Crippen molar-refractivity contribution in [3.05, 3.63) is 0 Å². The third-order valence-corrected chi connectivity index (χ3v) is 2.81. The molecule has 1 aliphatic rings. The van der Waals surface area contributed by atoms with Gasteiger partial charge >= 0.3 is 0 Å². The van der Waals surface area contributed by atoms with E-state index in [1.165, 1.54) is 0 Å². The Kier molecular flexibility index (Phi) is 4.91. The topological polar surface area (TPSA) is 105 Å². The molecule has 17 heavy (non-hydrogen) atoms. The maximum absolute atomic E-state index is 11.7. The van der Waals surface area contributed by atoms with Crippen molar-refractivity contribution in [1.82, 2.24) is 5.32 Å². The van der Waals surface area contributed by atoms with Gasteiger partial charge in [-0.1, -0.05) is 6.92 Å². The van der Waals surface area contributed by atoms with Gasteiger partial charge in [0.25, 0.3) is 0 Å². The van der Waals surface area contributed by atoms with E-state index in [-0.39, 0.29) is 18.2 Å². The lowest BCUT2D eigenvalue weighted by Gasteiger charge is -2.21. The van der Waals surface area contributed by atoms with Crippen LogP contribution in [0.1, 0.15) is 26.2 Å². The molecule has 1 fully saturated rings. The first-order chi connectivity index (χ1) is 8.06. The molecule has 1 heterocycles. The summed E-state index contributed by atoms with van der Waals surface area (Å²) in [5, 5.41) is 11.1.